The molecule has 0 spiro atoms. The normalized spacial score (nSPS) is 36.1. The molecular formula is C26H39FO2. The van der Waals surface area contributed by atoms with E-state index in [0.717, 1.165) is 30.6 Å². The first-order valence-corrected chi connectivity index (χ1v) is 12.1. The van der Waals surface area contributed by atoms with Crippen LogP contribution < -0.4 is 0 Å². The van der Waals surface area contributed by atoms with Gasteiger partial charge in [-0.15, -0.1) is 0 Å². The lowest BCUT2D eigenvalue weighted by Gasteiger charge is -2.41. The van der Waals surface area contributed by atoms with Gasteiger partial charge in [-0.1, -0.05) is 25.5 Å². The van der Waals surface area contributed by atoms with Crippen molar-refractivity contribution in [2.75, 3.05) is 13.2 Å². The second kappa shape index (κ2) is 9.92. The Morgan fingerprint density at radius 2 is 1.45 bits per heavy atom. The van der Waals surface area contributed by atoms with E-state index in [1.165, 1.54) is 69.8 Å². The molecule has 4 rings (SSSR count). The van der Waals surface area contributed by atoms with Gasteiger partial charge in [-0.3, -0.25) is 0 Å². The predicted molar refractivity (Wildman–Crippen MR) is 115 cm³/mol. The van der Waals surface area contributed by atoms with Crippen molar-refractivity contribution in [3.8, 4) is 0 Å². The van der Waals surface area contributed by atoms with Crippen molar-refractivity contribution in [3.05, 3.63) is 35.1 Å². The van der Waals surface area contributed by atoms with Crippen molar-refractivity contribution < 1.29 is 13.9 Å². The number of halogens is 1. The molecule has 3 aliphatic rings. The molecule has 1 aromatic carbocycles. The summed E-state index contributed by atoms with van der Waals surface area (Å²) in [5.41, 5.74) is 1.97. The van der Waals surface area contributed by atoms with Crippen LogP contribution in [-0.4, -0.2) is 19.5 Å². The van der Waals surface area contributed by atoms with Crippen LogP contribution in [-0.2, 0) is 9.47 Å². The molecule has 0 N–H and O–H groups in total. The van der Waals surface area contributed by atoms with E-state index >= 15 is 0 Å². The molecule has 0 aromatic heterocycles. The van der Waals surface area contributed by atoms with Gasteiger partial charge in [0.2, 0.25) is 0 Å². The van der Waals surface area contributed by atoms with Crippen molar-refractivity contribution >= 4 is 0 Å². The van der Waals surface area contributed by atoms with Gasteiger partial charge < -0.3 is 9.47 Å². The van der Waals surface area contributed by atoms with Gasteiger partial charge in [0, 0.05) is 11.8 Å². The summed E-state index contributed by atoms with van der Waals surface area (Å²) in [6, 6.07) is 5.86. The zero-order chi connectivity index (χ0) is 20.2. The third-order valence-electron chi connectivity index (χ3n) is 8.00. The fourth-order valence-electron chi connectivity index (χ4n) is 6.08. The minimum atomic E-state index is -0.0453. The molecule has 0 bridgehead atoms. The fraction of sp³-hybridized carbons (Fsp3) is 0.769. The zero-order valence-electron chi connectivity index (χ0n) is 18.4. The highest BCUT2D eigenvalue weighted by molar-refractivity contribution is 5.26. The standard InChI is InChI=1S/C26H39FO2/c1-3-4-19-16-28-26(29-17-19)23-13-11-21(12-14-23)20-7-9-22(10-8-20)24-6-5-18(2)25(27)15-24/h5-6,15,19-23,26H,3-4,7-14,16-17H2,1-2H3. The molecule has 1 aliphatic heterocycles. The Labute approximate surface area is 176 Å². The molecule has 3 fully saturated rings. The number of aryl methyl sites for hydroxylation is 1. The van der Waals surface area contributed by atoms with Crippen molar-refractivity contribution in [1.82, 2.24) is 0 Å². The van der Waals surface area contributed by atoms with E-state index in [0.29, 0.717) is 17.8 Å². The summed E-state index contributed by atoms with van der Waals surface area (Å²) in [6.07, 6.45) is 12.7. The van der Waals surface area contributed by atoms with E-state index in [1.807, 2.05) is 13.0 Å². The largest absolute Gasteiger partial charge is 0.352 e. The van der Waals surface area contributed by atoms with E-state index in [1.54, 1.807) is 6.07 Å². The lowest BCUT2D eigenvalue weighted by molar-refractivity contribution is -0.230. The van der Waals surface area contributed by atoms with Crippen LogP contribution in [0, 0.1) is 36.4 Å². The molecule has 29 heavy (non-hydrogen) atoms. The minimum absolute atomic E-state index is 0.0453. The van der Waals surface area contributed by atoms with Gasteiger partial charge in [0.25, 0.3) is 0 Å². The van der Waals surface area contributed by atoms with Crippen LogP contribution in [0.1, 0.15) is 88.2 Å². The maximum absolute atomic E-state index is 13.9. The molecule has 1 saturated heterocycles. The molecule has 2 nitrogen and oxygen atoms in total. The van der Waals surface area contributed by atoms with E-state index in [2.05, 4.69) is 13.0 Å². The average Bonchev–Trinajstić information content (AvgIpc) is 2.77. The van der Waals surface area contributed by atoms with Gasteiger partial charge in [-0.25, -0.2) is 4.39 Å². The smallest absolute Gasteiger partial charge is 0.160 e. The predicted octanol–water partition coefficient (Wildman–Crippen LogP) is 7.00. The van der Waals surface area contributed by atoms with Gasteiger partial charge in [0.05, 0.1) is 13.2 Å². The summed E-state index contributed by atoms with van der Waals surface area (Å²) in [5.74, 6) is 3.45. The first-order valence-electron chi connectivity index (χ1n) is 12.1. The lowest BCUT2D eigenvalue weighted by atomic mass is 9.68. The third-order valence-corrected chi connectivity index (χ3v) is 8.00. The Balaban J connectivity index is 1.21. The topological polar surface area (TPSA) is 18.5 Å². The van der Waals surface area contributed by atoms with Crippen molar-refractivity contribution in [2.45, 2.75) is 90.3 Å². The maximum atomic E-state index is 13.9. The molecule has 2 saturated carbocycles. The molecule has 0 amide bonds. The Morgan fingerprint density at radius 1 is 0.862 bits per heavy atom. The van der Waals surface area contributed by atoms with Gasteiger partial charge in [0.1, 0.15) is 5.82 Å². The van der Waals surface area contributed by atoms with Gasteiger partial charge in [-0.2, -0.15) is 0 Å². The van der Waals surface area contributed by atoms with E-state index in [-0.39, 0.29) is 12.1 Å². The molecule has 0 radical (unpaired) electrons. The molecule has 162 valence electrons. The molecule has 1 heterocycles. The second-order valence-corrected chi connectivity index (χ2v) is 9.98. The van der Waals surface area contributed by atoms with Crippen LogP contribution in [0.25, 0.3) is 0 Å². The first kappa shape index (κ1) is 21.3. The zero-order valence-corrected chi connectivity index (χ0v) is 18.4. The monoisotopic (exact) mass is 402 g/mol. The highest BCUT2D eigenvalue weighted by Gasteiger charge is 2.35. The first-order chi connectivity index (χ1) is 14.1. The van der Waals surface area contributed by atoms with Crippen LogP contribution in [0.15, 0.2) is 18.2 Å². The van der Waals surface area contributed by atoms with Crippen LogP contribution in [0.2, 0.25) is 0 Å². The summed E-state index contributed by atoms with van der Waals surface area (Å²) in [6.45, 7) is 5.86. The Morgan fingerprint density at radius 3 is 2.03 bits per heavy atom. The van der Waals surface area contributed by atoms with Gasteiger partial charge >= 0.3 is 0 Å². The van der Waals surface area contributed by atoms with E-state index in [9.17, 15) is 4.39 Å². The molecule has 1 aromatic rings. The molecule has 2 aliphatic carbocycles. The third kappa shape index (κ3) is 5.22. The number of hydrogen-bond donors (Lipinski definition) is 0. The molecule has 0 unspecified atom stereocenters. The number of rotatable bonds is 5. The lowest BCUT2D eigenvalue weighted by Crippen LogP contribution is -2.39. The van der Waals surface area contributed by atoms with Gasteiger partial charge in [0.15, 0.2) is 6.29 Å². The number of ether oxygens (including phenoxy) is 2. The van der Waals surface area contributed by atoms with Crippen LogP contribution >= 0.6 is 0 Å². The Kier molecular flexibility index (Phi) is 7.29. The second-order valence-electron chi connectivity index (χ2n) is 9.98. The minimum Gasteiger partial charge on any atom is -0.352 e. The number of hydrogen-bond acceptors (Lipinski definition) is 2. The summed E-state index contributed by atoms with van der Waals surface area (Å²) in [7, 11) is 0. The number of benzene rings is 1. The summed E-state index contributed by atoms with van der Waals surface area (Å²) >= 11 is 0. The highest BCUT2D eigenvalue weighted by Crippen LogP contribution is 2.45. The van der Waals surface area contributed by atoms with E-state index in [4.69, 9.17) is 9.47 Å². The van der Waals surface area contributed by atoms with Crippen molar-refractivity contribution in [1.29, 1.82) is 0 Å². The van der Waals surface area contributed by atoms with Crippen molar-refractivity contribution in [2.24, 2.45) is 23.7 Å². The summed E-state index contributed by atoms with van der Waals surface area (Å²) in [4.78, 5) is 0. The Hall–Kier alpha value is -0.930. The summed E-state index contributed by atoms with van der Waals surface area (Å²) < 4.78 is 26.1. The van der Waals surface area contributed by atoms with Crippen molar-refractivity contribution in [3.63, 3.8) is 0 Å². The quantitative estimate of drug-likeness (QED) is 0.528. The maximum Gasteiger partial charge on any atom is 0.160 e. The van der Waals surface area contributed by atoms with Crippen LogP contribution in [0.3, 0.4) is 0 Å². The molecule has 3 heteroatoms. The fourth-order valence-corrected chi connectivity index (χ4v) is 6.08. The Bertz CT molecular complexity index is 636. The molecule has 0 atom stereocenters. The SMILES string of the molecule is CCCC1COC(C2CCC(C3CCC(c4ccc(C)c(F)c4)CC3)CC2)OC1. The van der Waals surface area contributed by atoms with Crippen LogP contribution in [0.4, 0.5) is 4.39 Å². The van der Waals surface area contributed by atoms with E-state index < -0.39 is 0 Å². The van der Waals surface area contributed by atoms with Crippen LogP contribution in [0.5, 0.6) is 0 Å². The average molecular weight is 403 g/mol. The van der Waals surface area contributed by atoms with Gasteiger partial charge in [-0.05, 0) is 99.7 Å². The molecular weight excluding hydrogens is 363 g/mol. The highest BCUT2D eigenvalue weighted by atomic mass is 19.1. The summed E-state index contributed by atoms with van der Waals surface area (Å²) in [5, 5.41) is 0.